The molecular weight excluding hydrogens is 284 g/mol. The van der Waals surface area contributed by atoms with Crippen molar-refractivity contribution >= 4 is 0 Å². The van der Waals surface area contributed by atoms with Crippen LogP contribution in [0.25, 0.3) is 0 Å². The fraction of sp³-hybridized carbons (Fsp3) is 0.538. The van der Waals surface area contributed by atoms with Crippen LogP contribution in [-0.2, 0) is 12.4 Å². The fourth-order valence-electron chi connectivity index (χ4n) is 2.29. The molecule has 1 aromatic carbocycles. The SMILES string of the molecule is NCC(c1cc(C(F)(F)F)cc(C(F)(F)F)c1)C1CC1. The van der Waals surface area contributed by atoms with Crippen LogP contribution in [0.5, 0.6) is 0 Å². The van der Waals surface area contributed by atoms with E-state index in [1.165, 1.54) is 0 Å². The summed E-state index contributed by atoms with van der Waals surface area (Å²) in [5.74, 6) is -0.358. The Labute approximate surface area is 111 Å². The molecule has 1 aliphatic rings. The average molecular weight is 297 g/mol. The second kappa shape index (κ2) is 4.95. The van der Waals surface area contributed by atoms with Crippen molar-refractivity contribution in [3.63, 3.8) is 0 Å². The molecule has 20 heavy (non-hydrogen) atoms. The van der Waals surface area contributed by atoms with Crippen molar-refractivity contribution in [2.45, 2.75) is 31.1 Å². The molecule has 7 heteroatoms. The Kier molecular flexibility index (Phi) is 3.75. The van der Waals surface area contributed by atoms with Gasteiger partial charge in [0.15, 0.2) is 0 Å². The molecular formula is C13H13F6N. The molecule has 0 amide bonds. The highest BCUT2D eigenvalue weighted by Crippen LogP contribution is 2.44. The zero-order valence-corrected chi connectivity index (χ0v) is 10.4. The van der Waals surface area contributed by atoms with Gasteiger partial charge in [-0.15, -0.1) is 0 Å². The molecule has 0 saturated heterocycles. The van der Waals surface area contributed by atoms with Crippen LogP contribution in [0.15, 0.2) is 18.2 Å². The smallest absolute Gasteiger partial charge is 0.330 e. The zero-order valence-electron chi connectivity index (χ0n) is 10.4. The Morgan fingerprint density at radius 1 is 0.950 bits per heavy atom. The molecule has 0 bridgehead atoms. The lowest BCUT2D eigenvalue weighted by molar-refractivity contribution is -0.143. The van der Waals surface area contributed by atoms with E-state index in [0.29, 0.717) is 0 Å². The first-order valence-corrected chi connectivity index (χ1v) is 6.12. The largest absolute Gasteiger partial charge is 0.416 e. The molecule has 0 aliphatic heterocycles. The van der Waals surface area contributed by atoms with Gasteiger partial charge in [0.25, 0.3) is 0 Å². The van der Waals surface area contributed by atoms with E-state index in [9.17, 15) is 26.3 Å². The highest BCUT2D eigenvalue weighted by molar-refractivity contribution is 5.36. The van der Waals surface area contributed by atoms with Gasteiger partial charge < -0.3 is 5.73 Å². The number of rotatable bonds is 3. The minimum atomic E-state index is -4.81. The summed E-state index contributed by atoms with van der Waals surface area (Å²) < 4.78 is 76.3. The third-order valence-electron chi connectivity index (χ3n) is 3.48. The Morgan fingerprint density at radius 3 is 1.70 bits per heavy atom. The summed E-state index contributed by atoms with van der Waals surface area (Å²) in [6.07, 6.45) is -8.03. The molecule has 1 nitrogen and oxygen atoms in total. The van der Waals surface area contributed by atoms with Crippen molar-refractivity contribution in [2.24, 2.45) is 11.7 Å². The highest BCUT2D eigenvalue weighted by Gasteiger charge is 2.39. The van der Waals surface area contributed by atoms with Crippen molar-refractivity contribution < 1.29 is 26.3 Å². The van der Waals surface area contributed by atoms with Gasteiger partial charge in [0.1, 0.15) is 0 Å². The predicted octanol–water partition coefficient (Wildman–Crippen LogP) is 4.18. The molecule has 0 aromatic heterocycles. The third kappa shape index (κ3) is 3.26. The van der Waals surface area contributed by atoms with Crippen LogP contribution in [0.4, 0.5) is 26.3 Å². The number of benzene rings is 1. The van der Waals surface area contributed by atoms with Crippen LogP contribution in [0.3, 0.4) is 0 Å². The van der Waals surface area contributed by atoms with Gasteiger partial charge in [0.05, 0.1) is 11.1 Å². The fourth-order valence-corrected chi connectivity index (χ4v) is 2.29. The maximum atomic E-state index is 12.7. The van der Waals surface area contributed by atoms with E-state index in [2.05, 4.69) is 0 Å². The van der Waals surface area contributed by atoms with Crippen LogP contribution in [0.2, 0.25) is 0 Å². The summed E-state index contributed by atoms with van der Waals surface area (Å²) in [4.78, 5) is 0. The van der Waals surface area contributed by atoms with Gasteiger partial charge >= 0.3 is 12.4 Å². The molecule has 1 saturated carbocycles. The van der Waals surface area contributed by atoms with E-state index in [4.69, 9.17) is 5.73 Å². The predicted molar refractivity (Wildman–Crippen MR) is 61.0 cm³/mol. The number of halogens is 6. The van der Waals surface area contributed by atoms with Gasteiger partial charge in [-0.25, -0.2) is 0 Å². The summed E-state index contributed by atoms with van der Waals surface area (Å²) in [5.41, 5.74) is 2.97. The second-order valence-electron chi connectivity index (χ2n) is 5.02. The van der Waals surface area contributed by atoms with E-state index < -0.39 is 29.4 Å². The normalized spacial score (nSPS) is 18.1. The maximum absolute atomic E-state index is 12.7. The third-order valence-corrected chi connectivity index (χ3v) is 3.48. The minimum absolute atomic E-state index is 0.0251. The second-order valence-corrected chi connectivity index (χ2v) is 5.02. The average Bonchev–Trinajstić information content (AvgIpc) is 3.12. The highest BCUT2D eigenvalue weighted by atomic mass is 19.4. The number of hydrogen-bond acceptors (Lipinski definition) is 1. The van der Waals surface area contributed by atoms with Crippen LogP contribution in [0, 0.1) is 5.92 Å². The van der Waals surface area contributed by atoms with E-state index >= 15 is 0 Å². The van der Waals surface area contributed by atoms with Gasteiger partial charge in [0, 0.05) is 0 Å². The van der Waals surface area contributed by atoms with Crippen molar-refractivity contribution in [3.8, 4) is 0 Å². The Morgan fingerprint density at radius 2 is 1.40 bits per heavy atom. The molecule has 1 atom stereocenters. The quantitative estimate of drug-likeness (QED) is 0.832. The lowest BCUT2D eigenvalue weighted by Crippen LogP contribution is -2.18. The minimum Gasteiger partial charge on any atom is -0.330 e. The first-order chi connectivity index (χ1) is 9.13. The van der Waals surface area contributed by atoms with E-state index in [-0.39, 0.29) is 24.1 Å². The molecule has 1 unspecified atom stereocenters. The summed E-state index contributed by atoms with van der Waals surface area (Å²) in [6.45, 7) is 0.0449. The van der Waals surface area contributed by atoms with Crippen molar-refractivity contribution in [2.75, 3.05) is 6.54 Å². The monoisotopic (exact) mass is 297 g/mol. The molecule has 0 heterocycles. The van der Waals surface area contributed by atoms with Gasteiger partial charge in [-0.1, -0.05) is 0 Å². The summed E-state index contributed by atoms with van der Waals surface area (Å²) >= 11 is 0. The topological polar surface area (TPSA) is 26.0 Å². The van der Waals surface area contributed by atoms with Crippen LogP contribution in [-0.4, -0.2) is 6.54 Å². The van der Waals surface area contributed by atoms with E-state index in [1.807, 2.05) is 0 Å². The number of hydrogen-bond donors (Lipinski definition) is 1. The Hall–Kier alpha value is -1.24. The molecule has 1 aliphatic carbocycles. The summed E-state index contributed by atoms with van der Waals surface area (Å²) in [7, 11) is 0. The van der Waals surface area contributed by atoms with Gasteiger partial charge in [-0.05, 0) is 55.0 Å². The lowest BCUT2D eigenvalue weighted by atomic mass is 9.91. The number of nitrogens with two attached hydrogens (primary N) is 1. The number of alkyl halides is 6. The van der Waals surface area contributed by atoms with Crippen molar-refractivity contribution in [3.05, 3.63) is 34.9 Å². The molecule has 112 valence electrons. The van der Waals surface area contributed by atoms with Crippen molar-refractivity contribution in [1.82, 2.24) is 0 Å². The molecule has 1 fully saturated rings. The maximum Gasteiger partial charge on any atom is 0.416 e. The standard InChI is InChI=1S/C13H13F6N/c14-12(15,16)9-3-8(11(6-20)7-1-2-7)4-10(5-9)13(17,18)19/h3-5,7,11H,1-2,6,20H2. The molecule has 1 aromatic rings. The molecule has 0 radical (unpaired) electrons. The summed E-state index contributed by atoms with van der Waals surface area (Å²) in [5, 5.41) is 0. The Bertz CT molecular complexity index is 454. The molecule has 2 N–H and O–H groups in total. The lowest BCUT2D eigenvalue weighted by Gasteiger charge is -2.19. The van der Waals surface area contributed by atoms with Gasteiger partial charge in [-0.3, -0.25) is 0 Å². The zero-order chi connectivity index (χ0) is 15.1. The molecule has 0 spiro atoms. The molecule has 2 rings (SSSR count). The first-order valence-electron chi connectivity index (χ1n) is 6.12. The van der Waals surface area contributed by atoms with E-state index in [1.54, 1.807) is 0 Å². The van der Waals surface area contributed by atoms with E-state index in [0.717, 1.165) is 25.0 Å². The Balaban J connectivity index is 2.50. The van der Waals surface area contributed by atoms with Gasteiger partial charge in [-0.2, -0.15) is 26.3 Å². The van der Waals surface area contributed by atoms with Crippen LogP contribution in [0.1, 0.15) is 35.4 Å². The summed E-state index contributed by atoms with van der Waals surface area (Å²) in [6, 6.07) is 1.71. The van der Waals surface area contributed by atoms with Crippen molar-refractivity contribution in [1.29, 1.82) is 0 Å². The van der Waals surface area contributed by atoms with Crippen LogP contribution < -0.4 is 5.73 Å². The first kappa shape index (κ1) is 15.2. The van der Waals surface area contributed by atoms with Crippen LogP contribution >= 0.6 is 0 Å². The van der Waals surface area contributed by atoms with Gasteiger partial charge in [0.2, 0.25) is 0 Å².